The van der Waals surface area contributed by atoms with Crippen molar-refractivity contribution < 1.29 is 14.3 Å². The van der Waals surface area contributed by atoms with Crippen LogP contribution in [0.1, 0.15) is 17.3 Å². The minimum Gasteiger partial charge on any atom is -0.465 e. The summed E-state index contributed by atoms with van der Waals surface area (Å²) in [5.74, 6) is -0.349. The van der Waals surface area contributed by atoms with Crippen molar-refractivity contribution in [1.82, 2.24) is 25.1 Å². The molecule has 2 aromatic rings. The van der Waals surface area contributed by atoms with Crippen molar-refractivity contribution in [3.63, 3.8) is 0 Å². The van der Waals surface area contributed by atoms with Gasteiger partial charge in [0.05, 0.1) is 12.7 Å². The molecule has 2 heterocycles. The first-order valence-corrected chi connectivity index (χ1v) is 8.02. The van der Waals surface area contributed by atoms with Gasteiger partial charge < -0.3 is 14.5 Å². The molecule has 0 saturated carbocycles. The number of anilines is 1. The number of ether oxygens (including phenoxy) is 1. The molecule has 1 aromatic heterocycles. The number of amides is 1. The molecule has 1 atom stereocenters. The number of benzene rings is 1. The summed E-state index contributed by atoms with van der Waals surface area (Å²) in [6.07, 6.45) is 1.43. The average Bonchev–Trinajstić information content (AvgIpc) is 3.14. The SMILES string of the molecule is COC(=O)c1ccc(N2CCN(C(=O)Cn3cnnn3)[C@@H](C)C2)cc1. The second-order valence-electron chi connectivity index (χ2n) is 5.93. The highest BCUT2D eigenvalue weighted by Gasteiger charge is 2.27. The van der Waals surface area contributed by atoms with Crippen molar-refractivity contribution in [2.45, 2.75) is 19.5 Å². The minimum atomic E-state index is -0.349. The standard InChI is InChI=1S/C16H20N6O3/c1-12-9-20(14-5-3-13(4-6-14)16(24)25-2)7-8-22(12)15(23)10-21-11-17-18-19-21/h3-6,11-12H,7-10H2,1-2H3/t12-/m0/s1. The van der Waals surface area contributed by atoms with E-state index in [1.165, 1.54) is 18.1 Å². The molecule has 0 radical (unpaired) electrons. The van der Waals surface area contributed by atoms with Crippen LogP contribution in [-0.2, 0) is 16.1 Å². The summed E-state index contributed by atoms with van der Waals surface area (Å²) < 4.78 is 6.13. The molecule has 1 amide bonds. The Hall–Kier alpha value is -2.97. The maximum atomic E-state index is 12.4. The largest absolute Gasteiger partial charge is 0.465 e. The second kappa shape index (κ2) is 7.29. The summed E-state index contributed by atoms with van der Waals surface area (Å²) in [6, 6.07) is 7.37. The number of methoxy groups -OCH3 is 1. The van der Waals surface area contributed by atoms with Gasteiger partial charge in [0.15, 0.2) is 0 Å². The topological polar surface area (TPSA) is 93.5 Å². The average molecular weight is 344 g/mol. The minimum absolute atomic E-state index is 0.000453. The molecule has 9 heteroatoms. The molecular weight excluding hydrogens is 324 g/mol. The van der Waals surface area contributed by atoms with E-state index in [4.69, 9.17) is 4.74 Å². The van der Waals surface area contributed by atoms with Gasteiger partial charge in [0.2, 0.25) is 5.91 Å². The van der Waals surface area contributed by atoms with E-state index in [2.05, 4.69) is 20.4 Å². The molecule has 0 spiro atoms. The Balaban J connectivity index is 1.61. The summed E-state index contributed by atoms with van der Waals surface area (Å²) in [5, 5.41) is 10.8. The first-order chi connectivity index (χ1) is 12.1. The molecule has 1 fully saturated rings. The van der Waals surface area contributed by atoms with E-state index in [-0.39, 0.29) is 24.5 Å². The third-order valence-electron chi connectivity index (χ3n) is 4.29. The van der Waals surface area contributed by atoms with Gasteiger partial charge in [-0.25, -0.2) is 9.48 Å². The highest BCUT2D eigenvalue weighted by Crippen LogP contribution is 2.20. The van der Waals surface area contributed by atoms with E-state index >= 15 is 0 Å². The number of esters is 1. The molecule has 0 unspecified atom stereocenters. The molecule has 3 rings (SSSR count). The fourth-order valence-electron chi connectivity index (χ4n) is 2.97. The van der Waals surface area contributed by atoms with Crippen LogP contribution >= 0.6 is 0 Å². The number of nitrogens with zero attached hydrogens (tertiary/aromatic N) is 6. The van der Waals surface area contributed by atoms with Crippen LogP contribution in [0.5, 0.6) is 0 Å². The van der Waals surface area contributed by atoms with Gasteiger partial charge in [0, 0.05) is 31.4 Å². The lowest BCUT2D eigenvalue weighted by atomic mass is 10.1. The number of tetrazole rings is 1. The summed E-state index contributed by atoms with van der Waals surface area (Å²) >= 11 is 0. The van der Waals surface area contributed by atoms with E-state index in [0.29, 0.717) is 12.1 Å². The fraction of sp³-hybridized carbons (Fsp3) is 0.438. The van der Waals surface area contributed by atoms with Crippen LogP contribution in [-0.4, -0.2) is 69.8 Å². The molecule has 1 aliphatic rings. The number of aromatic nitrogens is 4. The van der Waals surface area contributed by atoms with Gasteiger partial charge in [-0.15, -0.1) is 5.10 Å². The third kappa shape index (κ3) is 3.76. The van der Waals surface area contributed by atoms with Gasteiger partial charge in [-0.1, -0.05) is 0 Å². The van der Waals surface area contributed by atoms with Crippen molar-refractivity contribution in [3.8, 4) is 0 Å². The molecule has 1 saturated heterocycles. The number of carbonyl (C=O) groups is 2. The highest BCUT2D eigenvalue weighted by molar-refractivity contribution is 5.89. The summed E-state index contributed by atoms with van der Waals surface area (Å²) in [4.78, 5) is 28.0. The Labute approximate surface area is 145 Å². The van der Waals surface area contributed by atoms with E-state index in [1.54, 1.807) is 12.1 Å². The van der Waals surface area contributed by atoms with Crippen molar-refractivity contribution in [3.05, 3.63) is 36.2 Å². The molecule has 1 aliphatic heterocycles. The molecule has 0 N–H and O–H groups in total. The maximum absolute atomic E-state index is 12.4. The predicted molar refractivity (Wildman–Crippen MR) is 89.0 cm³/mol. The Kier molecular flexibility index (Phi) is 4.92. The van der Waals surface area contributed by atoms with Gasteiger partial charge in [-0.05, 0) is 41.6 Å². The van der Waals surface area contributed by atoms with E-state index in [0.717, 1.165) is 18.8 Å². The molecule has 25 heavy (non-hydrogen) atoms. The van der Waals surface area contributed by atoms with Crippen molar-refractivity contribution >= 4 is 17.6 Å². The van der Waals surface area contributed by atoms with Crippen molar-refractivity contribution in [2.24, 2.45) is 0 Å². The van der Waals surface area contributed by atoms with Crippen LogP contribution in [0.2, 0.25) is 0 Å². The van der Waals surface area contributed by atoms with Crippen LogP contribution in [0.3, 0.4) is 0 Å². The highest BCUT2D eigenvalue weighted by atomic mass is 16.5. The molecule has 0 aliphatic carbocycles. The molecule has 0 bridgehead atoms. The van der Waals surface area contributed by atoms with Crippen LogP contribution < -0.4 is 4.90 Å². The number of rotatable bonds is 4. The summed E-state index contributed by atoms with van der Waals surface area (Å²) in [7, 11) is 1.36. The Bertz CT molecular complexity index is 731. The first kappa shape index (κ1) is 16.9. The van der Waals surface area contributed by atoms with E-state index < -0.39 is 0 Å². The number of hydrogen-bond acceptors (Lipinski definition) is 7. The van der Waals surface area contributed by atoms with Gasteiger partial charge in [-0.2, -0.15) is 0 Å². The summed E-state index contributed by atoms with van der Waals surface area (Å²) in [5.41, 5.74) is 1.54. The molecule has 132 valence electrons. The second-order valence-corrected chi connectivity index (χ2v) is 5.93. The van der Waals surface area contributed by atoms with Crippen molar-refractivity contribution in [2.75, 3.05) is 31.6 Å². The Morgan fingerprint density at radius 2 is 2.00 bits per heavy atom. The van der Waals surface area contributed by atoms with Gasteiger partial charge >= 0.3 is 5.97 Å². The normalized spacial score (nSPS) is 17.4. The smallest absolute Gasteiger partial charge is 0.337 e. The number of carbonyl (C=O) groups excluding carboxylic acids is 2. The quantitative estimate of drug-likeness (QED) is 0.731. The molecule has 9 nitrogen and oxygen atoms in total. The fourth-order valence-corrected chi connectivity index (χ4v) is 2.97. The monoisotopic (exact) mass is 344 g/mol. The van der Waals surface area contributed by atoms with Gasteiger partial charge in [0.1, 0.15) is 12.9 Å². The Morgan fingerprint density at radius 3 is 2.60 bits per heavy atom. The lowest BCUT2D eigenvalue weighted by Crippen LogP contribution is -2.54. The Morgan fingerprint density at radius 1 is 1.24 bits per heavy atom. The van der Waals surface area contributed by atoms with E-state index in [1.807, 2.05) is 24.0 Å². The zero-order valence-corrected chi connectivity index (χ0v) is 14.2. The zero-order valence-electron chi connectivity index (χ0n) is 14.2. The van der Waals surface area contributed by atoms with Gasteiger partial charge in [0.25, 0.3) is 0 Å². The van der Waals surface area contributed by atoms with Crippen LogP contribution in [0.15, 0.2) is 30.6 Å². The molecule has 1 aromatic carbocycles. The number of piperazine rings is 1. The third-order valence-corrected chi connectivity index (χ3v) is 4.29. The molecular formula is C16H20N6O3. The predicted octanol–water partition coefficient (Wildman–Crippen LogP) is 0.197. The van der Waals surface area contributed by atoms with E-state index in [9.17, 15) is 9.59 Å². The zero-order chi connectivity index (χ0) is 17.8. The first-order valence-electron chi connectivity index (χ1n) is 8.02. The van der Waals surface area contributed by atoms with Crippen molar-refractivity contribution in [1.29, 1.82) is 0 Å². The van der Waals surface area contributed by atoms with Crippen LogP contribution in [0, 0.1) is 0 Å². The maximum Gasteiger partial charge on any atom is 0.337 e. The number of hydrogen-bond donors (Lipinski definition) is 0. The van der Waals surface area contributed by atoms with Crippen LogP contribution in [0.25, 0.3) is 0 Å². The lowest BCUT2D eigenvalue weighted by molar-refractivity contribution is -0.134. The van der Waals surface area contributed by atoms with Crippen LogP contribution in [0.4, 0.5) is 5.69 Å². The summed E-state index contributed by atoms with van der Waals surface area (Å²) in [6.45, 7) is 4.24. The lowest BCUT2D eigenvalue weighted by Gasteiger charge is -2.41. The van der Waals surface area contributed by atoms with Gasteiger partial charge in [-0.3, -0.25) is 4.79 Å².